The van der Waals surface area contributed by atoms with Gasteiger partial charge in [0, 0.05) is 56.0 Å². The number of nitrogens with one attached hydrogen (secondary N) is 1. The number of rotatable bonds is 5. The minimum absolute atomic E-state index is 0.0309. The number of anilines is 1. The van der Waals surface area contributed by atoms with Gasteiger partial charge in [0.2, 0.25) is 5.91 Å². The maximum Gasteiger partial charge on any atom is 0.244 e. The van der Waals surface area contributed by atoms with Gasteiger partial charge in [-0.1, -0.05) is 0 Å². The number of piperazine rings is 1. The molecule has 1 fully saturated rings. The standard InChI is InChI=1S/C23H24IN7O2/c1-15-13-29(16-5-6-18(24)19(12-16)33-2)10-11-30(15)20(32)14-31-23-17(4-3-7-27-23)21(28-31)22-25-8-9-26-22/h3-9,12,15H,10-11,13-14H2,1-2H3,(H,25,26)/t15-/m0/s1. The maximum atomic E-state index is 13.3. The zero-order valence-corrected chi connectivity index (χ0v) is 20.6. The summed E-state index contributed by atoms with van der Waals surface area (Å²) in [6, 6.07) is 10.1. The van der Waals surface area contributed by atoms with E-state index in [9.17, 15) is 4.79 Å². The fourth-order valence-electron chi connectivity index (χ4n) is 4.32. The quantitative estimate of drug-likeness (QED) is 0.379. The van der Waals surface area contributed by atoms with Crippen LogP contribution in [-0.2, 0) is 11.3 Å². The summed E-state index contributed by atoms with van der Waals surface area (Å²) < 4.78 is 8.23. The molecule has 1 aromatic carbocycles. The summed E-state index contributed by atoms with van der Waals surface area (Å²) in [5.41, 5.74) is 2.48. The van der Waals surface area contributed by atoms with Crippen LogP contribution in [-0.4, -0.2) is 68.3 Å². The highest BCUT2D eigenvalue weighted by atomic mass is 127. The van der Waals surface area contributed by atoms with Crippen LogP contribution in [0.5, 0.6) is 5.75 Å². The highest BCUT2D eigenvalue weighted by molar-refractivity contribution is 14.1. The highest BCUT2D eigenvalue weighted by Crippen LogP contribution is 2.29. The number of methoxy groups -OCH3 is 1. The van der Waals surface area contributed by atoms with E-state index in [1.54, 1.807) is 30.4 Å². The van der Waals surface area contributed by atoms with E-state index in [1.807, 2.05) is 17.0 Å². The van der Waals surface area contributed by atoms with E-state index in [-0.39, 0.29) is 18.5 Å². The number of benzene rings is 1. The molecule has 0 radical (unpaired) electrons. The molecule has 4 aromatic rings. The van der Waals surface area contributed by atoms with Crippen LogP contribution >= 0.6 is 22.6 Å². The number of imidazole rings is 1. The zero-order valence-electron chi connectivity index (χ0n) is 18.4. The molecule has 0 spiro atoms. The van der Waals surface area contributed by atoms with Crippen molar-refractivity contribution in [2.24, 2.45) is 0 Å². The molecule has 1 aliphatic heterocycles. The third kappa shape index (κ3) is 4.14. The lowest BCUT2D eigenvalue weighted by atomic mass is 10.1. The topological polar surface area (TPSA) is 92.2 Å². The van der Waals surface area contributed by atoms with Gasteiger partial charge in [0.15, 0.2) is 11.5 Å². The maximum absolute atomic E-state index is 13.3. The second kappa shape index (κ2) is 9.00. The van der Waals surface area contributed by atoms with E-state index >= 15 is 0 Å². The Morgan fingerprint density at radius 1 is 1.24 bits per heavy atom. The van der Waals surface area contributed by atoms with E-state index in [2.05, 4.69) is 72.7 Å². The number of ether oxygens (including phenoxy) is 1. The Hall–Kier alpha value is -3.15. The number of hydrogen-bond donors (Lipinski definition) is 1. The zero-order chi connectivity index (χ0) is 22.9. The Morgan fingerprint density at radius 2 is 2.12 bits per heavy atom. The number of H-pyrrole nitrogens is 1. The van der Waals surface area contributed by atoms with Crippen molar-refractivity contribution in [2.45, 2.75) is 19.5 Å². The summed E-state index contributed by atoms with van der Waals surface area (Å²) in [6.45, 7) is 4.38. The smallest absolute Gasteiger partial charge is 0.244 e. The van der Waals surface area contributed by atoms with Gasteiger partial charge < -0.3 is 19.5 Å². The summed E-state index contributed by atoms with van der Waals surface area (Å²) in [5, 5.41) is 5.54. The minimum atomic E-state index is 0.0309. The number of aromatic amines is 1. The fourth-order valence-corrected chi connectivity index (χ4v) is 4.87. The van der Waals surface area contributed by atoms with Gasteiger partial charge >= 0.3 is 0 Å². The number of pyridine rings is 1. The second-order valence-corrected chi connectivity index (χ2v) is 9.18. The van der Waals surface area contributed by atoms with E-state index in [1.165, 1.54) is 0 Å². The molecule has 9 nitrogen and oxygen atoms in total. The van der Waals surface area contributed by atoms with Crippen LogP contribution in [0.25, 0.3) is 22.6 Å². The van der Waals surface area contributed by atoms with E-state index in [4.69, 9.17) is 4.74 Å². The monoisotopic (exact) mass is 557 g/mol. The summed E-state index contributed by atoms with van der Waals surface area (Å²) >= 11 is 2.27. The van der Waals surface area contributed by atoms with Crippen molar-refractivity contribution in [1.82, 2.24) is 29.6 Å². The van der Waals surface area contributed by atoms with Crippen LogP contribution in [0.1, 0.15) is 6.92 Å². The van der Waals surface area contributed by atoms with Gasteiger partial charge in [0.25, 0.3) is 0 Å². The predicted molar refractivity (Wildman–Crippen MR) is 134 cm³/mol. The molecule has 4 heterocycles. The molecule has 1 atom stereocenters. The molecular formula is C23H24IN7O2. The average molecular weight is 557 g/mol. The normalized spacial score (nSPS) is 16.4. The van der Waals surface area contributed by atoms with Crippen LogP contribution < -0.4 is 9.64 Å². The van der Waals surface area contributed by atoms with Crippen molar-refractivity contribution in [1.29, 1.82) is 0 Å². The molecule has 0 bridgehead atoms. The van der Waals surface area contributed by atoms with E-state index < -0.39 is 0 Å². The van der Waals surface area contributed by atoms with Gasteiger partial charge in [0.05, 0.1) is 16.1 Å². The van der Waals surface area contributed by atoms with Crippen LogP contribution in [0.3, 0.4) is 0 Å². The van der Waals surface area contributed by atoms with Crippen LogP contribution in [0.15, 0.2) is 48.9 Å². The first-order valence-electron chi connectivity index (χ1n) is 10.7. The lowest BCUT2D eigenvalue weighted by molar-refractivity contribution is -0.134. The Bertz CT molecular complexity index is 1290. The number of carbonyl (C=O) groups is 1. The Kier molecular flexibility index (Phi) is 5.92. The van der Waals surface area contributed by atoms with E-state index in [0.29, 0.717) is 23.7 Å². The molecule has 1 amide bonds. The molecule has 5 rings (SSSR count). The highest BCUT2D eigenvalue weighted by Gasteiger charge is 2.29. The van der Waals surface area contributed by atoms with Gasteiger partial charge in [0.1, 0.15) is 18.0 Å². The second-order valence-electron chi connectivity index (χ2n) is 8.02. The van der Waals surface area contributed by atoms with Gasteiger partial charge in [-0.05, 0) is 53.8 Å². The molecular weight excluding hydrogens is 533 g/mol. The first-order valence-corrected chi connectivity index (χ1v) is 11.8. The van der Waals surface area contributed by atoms with Crippen LogP contribution in [0, 0.1) is 3.57 Å². The largest absolute Gasteiger partial charge is 0.496 e. The molecule has 0 unspecified atom stereocenters. The van der Waals surface area contributed by atoms with Crippen molar-refractivity contribution in [3.05, 3.63) is 52.5 Å². The summed E-state index contributed by atoms with van der Waals surface area (Å²) in [5.74, 6) is 1.56. The number of aromatic nitrogens is 5. The van der Waals surface area contributed by atoms with E-state index in [0.717, 1.165) is 33.5 Å². The Labute approximate surface area is 204 Å². The van der Waals surface area contributed by atoms with Crippen molar-refractivity contribution in [3.8, 4) is 17.3 Å². The van der Waals surface area contributed by atoms with Gasteiger partial charge in [-0.2, -0.15) is 5.10 Å². The van der Waals surface area contributed by atoms with Crippen LogP contribution in [0.2, 0.25) is 0 Å². The Balaban J connectivity index is 1.33. The summed E-state index contributed by atoms with van der Waals surface area (Å²) in [6.07, 6.45) is 5.16. The lowest BCUT2D eigenvalue weighted by Gasteiger charge is -2.41. The van der Waals surface area contributed by atoms with Gasteiger partial charge in [-0.25, -0.2) is 14.6 Å². The molecule has 33 heavy (non-hydrogen) atoms. The third-order valence-corrected chi connectivity index (χ3v) is 6.85. The van der Waals surface area contributed by atoms with Crippen molar-refractivity contribution in [3.63, 3.8) is 0 Å². The lowest BCUT2D eigenvalue weighted by Crippen LogP contribution is -2.54. The van der Waals surface area contributed by atoms with Crippen molar-refractivity contribution in [2.75, 3.05) is 31.6 Å². The molecule has 3 aromatic heterocycles. The molecule has 1 N–H and O–H groups in total. The minimum Gasteiger partial charge on any atom is -0.496 e. The summed E-state index contributed by atoms with van der Waals surface area (Å²) in [7, 11) is 1.69. The third-order valence-electron chi connectivity index (χ3n) is 5.96. The number of amides is 1. The van der Waals surface area contributed by atoms with Gasteiger partial charge in [-0.15, -0.1) is 0 Å². The van der Waals surface area contributed by atoms with Crippen molar-refractivity contribution >= 4 is 45.2 Å². The SMILES string of the molecule is COc1cc(N2CCN(C(=O)Cn3nc(-c4ncc[nH]4)c4cccnc43)[C@@H](C)C2)ccc1I. The van der Waals surface area contributed by atoms with Crippen molar-refractivity contribution < 1.29 is 9.53 Å². The number of carbonyl (C=O) groups excluding carboxylic acids is 1. The summed E-state index contributed by atoms with van der Waals surface area (Å²) in [4.78, 5) is 29.4. The molecule has 0 aliphatic carbocycles. The van der Waals surface area contributed by atoms with Gasteiger partial charge in [-0.3, -0.25) is 4.79 Å². The number of halogens is 1. The molecule has 10 heteroatoms. The molecule has 0 saturated carbocycles. The molecule has 170 valence electrons. The van der Waals surface area contributed by atoms with Crippen LogP contribution in [0.4, 0.5) is 5.69 Å². The Morgan fingerprint density at radius 3 is 2.88 bits per heavy atom. The first-order chi connectivity index (χ1) is 16.0. The average Bonchev–Trinajstić information content (AvgIpc) is 3.48. The number of nitrogens with zero attached hydrogens (tertiary/aromatic N) is 6. The number of hydrogen-bond acceptors (Lipinski definition) is 6. The first kappa shape index (κ1) is 21.7. The fraction of sp³-hybridized carbons (Fsp3) is 0.304. The molecule has 1 saturated heterocycles. The molecule has 1 aliphatic rings. The predicted octanol–water partition coefficient (Wildman–Crippen LogP) is 3.17. The number of fused-ring (bicyclic) bond motifs is 1.